The van der Waals surface area contributed by atoms with Crippen LogP contribution in [0.4, 0.5) is 6.01 Å². The van der Waals surface area contributed by atoms with E-state index in [9.17, 15) is 4.79 Å². The summed E-state index contributed by atoms with van der Waals surface area (Å²) in [5, 5.41) is 10.8. The zero-order valence-electron chi connectivity index (χ0n) is 13.8. The average Bonchev–Trinajstić information content (AvgIpc) is 3.34. The third kappa shape index (κ3) is 2.97. The molecule has 1 N–H and O–H groups in total. The largest absolute Gasteiger partial charge is 0.486 e. The van der Waals surface area contributed by atoms with E-state index in [1.165, 1.54) is 11.3 Å². The van der Waals surface area contributed by atoms with Crippen molar-refractivity contribution in [1.29, 1.82) is 0 Å². The minimum Gasteiger partial charge on any atom is -0.486 e. The van der Waals surface area contributed by atoms with Gasteiger partial charge in [-0.15, -0.1) is 16.4 Å². The molecule has 1 amide bonds. The van der Waals surface area contributed by atoms with Crippen molar-refractivity contribution in [3.8, 4) is 23.0 Å². The van der Waals surface area contributed by atoms with Crippen molar-refractivity contribution >= 4 is 33.5 Å². The summed E-state index contributed by atoms with van der Waals surface area (Å²) in [6.45, 7) is 1.01. The van der Waals surface area contributed by atoms with Gasteiger partial charge in [-0.05, 0) is 30.3 Å². The average molecular weight is 380 g/mol. The van der Waals surface area contributed by atoms with E-state index in [1.54, 1.807) is 18.2 Å². The molecular weight excluding hydrogens is 368 g/mol. The minimum atomic E-state index is -0.395. The predicted molar refractivity (Wildman–Crippen MR) is 98.3 cm³/mol. The van der Waals surface area contributed by atoms with Gasteiger partial charge in [-0.25, -0.2) is 4.98 Å². The summed E-state index contributed by atoms with van der Waals surface area (Å²) in [6, 6.07) is 12.9. The summed E-state index contributed by atoms with van der Waals surface area (Å²) in [6.07, 6.45) is 0. The van der Waals surface area contributed by atoms with E-state index in [-0.39, 0.29) is 11.9 Å². The molecule has 2 aromatic carbocycles. The molecule has 2 aromatic heterocycles. The van der Waals surface area contributed by atoms with Gasteiger partial charge < -0.3 is 13.9 Å². The van der Waals surface area contributed by atoms with Crippen LogP contribution in [0.15, 0.2) is 46.9 Å². The Morgan fingerprint density at radius 2 is 1.89 bits per heavy atom. The van der Waals surface area contributed by atoms with Crippen LogP contribution in [0.5, 0.6) is 11.5 Å². The van der Waals surface area contributed by atoms with Crippen LogP contribution in [-0.2, 0) is 0 Å². The third-order valence-corrected chi connectivity index (χ3v) is 4.96. The maximum Gasteiger partial charge on any atom is 0.322 e. The lowest BCUT2D eigenvalue weighted by molar-refractivity contribution is 0.102. The van der Waals surface area contributed by atoms with Gasteiger partial charge in [0.05, 0.1) is 10.2 Å². The van der Waals surface area contributed by atoms with E-state index in [2.05, 4.69) is 20.5 Å². The molecule has 0 fully saturated rings. The fourth-order valence-electron chi connectivity index (χ4n) is 2.69. The summed E-state index contributed by atoms with van der Waals surface area (Å²) in [5.74, 6) is 1.17. The Hall–Kier alpha value is -3.46. The van der Waals surface area contributed by atoms with Crippen LogP contribution < -0.4 is 14.8 Å². The Balaban J connectivity index is 1.36. The fraction of sp³-hybridized carbons (Fsp3) is 0.111. The SMILES string of the molecule is O=C(Nc1nnc(-c2ccc3c(c2)OCCO3)o1)c1nc2ccccc2s1. The van der Waals surface area contributed by atoms with Crippen molar-refractivity contribution in [2.75, 3.05) is 18.5 Å². The van der Waals surface area contributed by atoms with Crippen LogP contribution in [0.2, 0.25) is 0 Å². The van der Waals surface area contributed by atoms with Crippen molar-refractivity contribution in [2.45, 2.75) is 0 Å². The highest BCUT2D eigenvalue weighted by atomic mass is 32.1. The second-order valence-corrected chi connectivity index (χ2v) is 6.74. The van der Waals surface area contributed by atoms with Gasteiger partial charge >= 0.3 is 6.01 Å². The van der Waals surface area contributed by atoms with E-state index in [0.29, 0.717) is 35.3 Å². The molecule has 5 rings (SSSR count). The molecular formula is C18H12N4O4S. The van der Waals surface area contributed by atoms with Crippen molar-refractivity contribution in [3.63, 3.8) is 0 Å². The Kier molecular flexibility index (Phi) is 3.72. The molecule has 0 bridgehead atoms. The first-order chi connectivity index (χ1) is 13.3. The number of amides is 1. The number of carbonyl (C=O) groups is 1. The molecule has 0 radical (unpaired) electrons. The van der Waals surface area contributed by atoms with E-state index < -0.39 is 5.91 Å². The van der Waals surface area contributed by atoms with Crippen molar-refractivity contribution in [3.05, 3.63) is 47.5 Å². The van der Waals surface area contributed by atoms with Gasteiger partial charge in [-0.1, -0.05) is 17.2 Å². The molecule has 134 valence electrons. The number of thiazole rings is 1. The van der Waals surface area contributed by atoms with Crippen LogP contribution in [-0.4, -0.2) is 34.3 Å². The first-order valence-corrected chi connectivity index (χ1v) is 8.98. The van der Waals surface area contributed by atoms with Gasteiger partial charge in [0, 0.05) is 5.56 Å². The molecule has 0 aliphatic carbocycles. The van der Waals surface area contributed by atoms with Crippen LogP contribution in [0.3, 0.4) is 0 Å². The molecule has 0 saturated heterocycles. The van der Waals surface area contributed by atoms with Crippen LogP contribution >= 0.6 is 11.3 Å². The number of nitrogens with zero attached hydrogens (tertiary/aromatic N) is 3. The number of hydrogen-bond donors (Lipinski definition) is 1. The summed E-state index contributed by atoms with van der Waals surface area (Å²) in [5.41, 5.74) is 1.45. The molecule has 3 heterocycles. The lowest BCUT2D eigenvalue weighted by Crippen LogP contribution is -2.15. The molecule has 0 atom stereocenters. The number of carbonyl (C=O) groups excluding carboxylic acids is 1. The Morgan fingerprint density at radius 3 is 2.78 bits per heavy atom. The van der Waals surface area contributed by atoms with Gasteiger partial charge in [0.2, 0.25) is 5.89 Å². The number of nitrogens with one attached hydrogen (secondary N) is 1. The number of aromatic nitrogens is 3. The number of ether oxygens (including phenoxy) is 2. The molecule has 27 heavy (non-hydrogen) atoms. The van der Waals surface area contributed by atoms with E-state index >= 15 is 0 Å². The van der Waals surface area contributed by atoms with Crippen molar-refractivity contribution < 1.29 is 18.7 Å². The Labute approximate surface area is 156 Å². The molecule has 0 unspecified atom stereocenters. The van der Waals surface area contributed by atoms with Crippen LogP contribution in [0, 0.1) is 0 Å². The lowest BCUT2D eigenvalue weighted by Gasteiger charge is -2.18. The molecule has 0 spiro atoms. The van der Waals surface area contributed by atoms with Crippen molar-refractivity contribution in [2.24, 2.45) is 0 Å². The summed E-state index contributed by atoms with van der Waals surface area (Å²) >= 11 is 1.30. The first-order valence-electron chi connectivity index (χ1n) is 8.17. The summed E-state index contributed by atoms with van der Waals surface area (Å²) in [4.78, 5) is 16.7. The summed E-state index contributed by atoms with van der Waals surface area (Å²) < 4.78 is 17.5. The molecule has 9 heteroatoms. The number of anilines is 1. The van der Waals surface area contributed by atoms with E-state index in [4.69, 9.17) is 13.9 Å². The van der Waals surface area contributed by atoms with Crippen molar-refractivity contribution in [1.82, 2.24) is 15.2 Å². The molecule has 1 aliphatic heterocycles. The normalized spacial score (nSPS) is 12.9. The van der Waals surface area contributed by atoms with Gasteiger partial charge in [0.25, 0.3) is 5.91 Å². The van der Waals surface area contributed by atoms with E-state index in [1.807, 2.05) is 24.3 Å². The maximum atomic E-state index is 12.4. The van der Waals surface area contributed by atoms with Gasteiger partial charge in [0.1, 0.15) is 13.2 Å². The molecule has 4 aromatic rings. The number of hydrogen-bond acceptors (Lipinski definition) is 8. The fourth-order valence-corrected chi connectivity index (χ4v) is 3.55. The smallest absolute Gasteiger partial charge is 0.322 e. The number of fused-ring (bicyclic) bond motifs is 2. The zero-order chi connectivity index (χ0) is 18.2. The van der Waals surface area contributed by atoms with Crippen LogP contribution in [0.1, 0.15) is 9.80 Å². The number of benzene rings is 2. The number of rotatable bonds is 3. The Morgan fingerprint density at radius 1 is 1.04 bits per heavy atom. The quantitative estimate of drug-likeness (QED) is 0.582. The van der Waals surface area contributed by atoms with Gasteiger partial charge in [-0.2, -0.15) is 0 Å². The standard InChI is InChI=1S/C18H12N4O4S/c23-15(17-19-11-3-1-2-4-14(11)27-17)20-18-22-21-16(26-18)10-5-6-12-13(9-10)25-8-7-24-12/h1-6,9H,7-8H2,(H,20,22,23). The monoisotopic (exact) mass is 380 g/mol. The first kappa shape index (κ1) is 15.8. The Bertz CT molecular complexity index is 1120. The highest BCUT2D eigenvalue weighted by Gasteiger charge is 2.18. The highest BCUT2D eigenvalue weighted by molar-refractivity contribution is 7.20. The topological polar surface area (TPSA) is 99.4 Å². The second kappa shape index (κ2) is 6.36. The molecule has 0 saturated carbocycles. The second-order valence-electron chi connectivity index (χ2n) is 5.71. The molecule has 1 aliphatic rings. The predicted octanol–water partition coefficient (Wildman–Crippen LogP) is 3.37. The van der Waals surface area contributed by atoms with Crippen LogP contribution in [0.25, 0.3) is 21.7 Å². The third-order valence-electron chi connectivity index (χ3n) is 3.92. The molecule has 8 nitrogen and oxygen atoms in total. The van der Waals surface area contributed by atoms with Gasteiger partial charge in [0.15, 0.2) is 16.5 Å². The number of para-hydroxylation sites is 1. The lowest BCUT2D eigenvalue weighted by atomic mass is 10.2. The van der Waals surface area contributed by atoms with E-state index in [0.717, 1.165) is 10.2 Å². The van der Waals surface area contributed by atoms with Gasteiger partial charge in [-0.3, -0.25) is 10.1 Å². The zero-order valence-corrected chi connectivity index (χ0v) is 14.7. The maximum absolute atomic E-state index is 12.4. The minimum absolute atomic E-state index is 0.00384. The highest BCUT2D eigenvalue weighted by Crippen LogP contribution is 2.34. The summed E-state index contributed by atoms with van der Waals surface area (Å²) in [7, 11) is 0.